The topological polar surface area (TPSA) is 32.3 Å². The van der Waals surface area contributed by atoms with Gasteiger partial charge >= 0.3 is 6.18 Å². The van der Waals surface area contributed by atoms with Crippen molar-refractivity contribution in [2.45, 2.75) is 32.9 Å². The Morgan fingerprint density at radius 1 is 1.04 bits per heavy atom. The van der Waals surface area contributed by atoms with Crippen molar-refractivity contribution in [2.75, 3.05) is 37.6 Å². The van der Waals surface area contributed by atoms with E-state index in [1.54, 1.807) is 18.2 Å². The van der Waals surface area contributed by atoms with Gasteiger partial charge in [0.15, 0.2) is 5.82 Å². The summed E-state index contributed by atoms with van der Waals surface area (Å²) in [5, 5.41) is 0.431. The summed E-state index contributed by atoms with van der Waals surface area (Å²) in [4.78, 5) is 11.3. The fraction of sp³-hybridized carbons (Fsp3) is 0.556. The second kappa shape index (κ2) is 9.78. The van der Waals surface area contributed by atoms with E-state index >= 15 is 0 Å². The molecule has 0 radical (unpaired) electrons. The first kappa shape index (κ1) is 22.7. The van der Waals surface area contributed by atoms with Crippen molar-refractivity contribution in [3.05, 3.63) is 28.5 Å². The monoisotopic (exact) mass is 468 g/mol. The highest BCUT2D eigenvalue weighted by molar-refractivity contribution is 9.10. The number of likely N-dealkylation sites (N-methyl/N-ethyl adjacent to an activating group) is 1. The molecule has 1 heterocycles. The molecule has 0 atom stereocenters. The van der Waals surface area contributed by atoms with Crippen molar-refractivity contribution in [3.8, 4) is 0 Å². The maximum Gasteiger partial charge on any atom is 0.390 e. The summed E-state index contributed by atoms with van der Waals surface area (Å²) in [6.07, 6.45) is -8.34. The maximum absolute atomic E-state index is 13.3. The van der Waals surface area contributed by atoms with Gasteiger partial charge in [-0.25, -0.2) is 18.7 Å². The van der Waals surface area contributed by atoms with Gasteiger partial charge < -0.3 is 9.80 Å². The summed E-state index contributed by atoms with van der Waals surface area (Å²) in [5.74, 6) is -0.595. The molecule has 4 nitrogen and oxygen atoms in total. The lowest BCUT2D eigenvalue weighted by atomic mass is 10.2. The molecule has 0 saturated heterocycles. The highest BCUT2D eigenvalue weighted by Gasteiger charge is 2.29. The lowest BCUT2D eigenvalue weighted by molar-refractivity contribution is -0.132. The minimum Gasteiger partial charge on any atom is -0.354 e. The van der Waals surface area contributed by atoms with Crippen LogP contribution in [-0.4, -0.2) is 53.8 Å². The number of nitrogens with zero attached hydrogens (tertiary/aromatic N) is 4. The third kappa shape index (κ3) is 6.23. The molecule has 2 aromatic rings. The summed E-state index contributed by atoms with van der Waals surface area (Å²) < 4.78 is 65.8. The first-order valence-electron chi connectivity index (χ1n) is 8.94. The van der Waals surface area contributed by atoms with Crippen molar-refractivity contribution < 1.29 is 22.0 Å². The Morgan fingerprint density at radius 3 is 2.29 bits per heavy atom. The van der Waals surface area contributed by atoms with E-state index in [9.17, 15) is 22.0 Å². The molecule has 0 spiro atoms. The molecule has 0 N–H and O–H groups in total. The summed E-state index contributed by atoms with van der Waals surface area (Å²) in [7, 11) is 0. The van der Waals surface area contributed by atoms with Gasteiger partial charge in [0.2, 0.25) is 0 Å². The molecule has 0 amide bonds. The number of fused-ring (bicyclic) bond motifs is 1. The SMILES string of the molecule is CCN(CC)CCN(CCC(F)(F)F)c1nc(C(F)F)nc2ccc(Br)cc12. The predicted molar refractivity (Wildman–Crippen MR) is 103 cm³/mol. The fourth-order valence-electron chi connectivity index (χ4n) is 2.83. The highest BCUT2D eigenvalue weighted by atomic mass is 79.9. The normalized spacial score (nSPS) is 12.4. The van der Waals surface area contributed by atoms with E-state index in [4.69, 9.17) is 0 Å². The molecule has 28 heavy (non-hydrogen) atoms. The van der Waals surface area contributed by atoms with Crippen LogP contribution in [0.3, 0.4) is 0 Å². The Balaban J connectivity index is 2.48. The van der Waals surface area contributed by atoms with Gasteiger partial charge in [-0.05, 0) is 31.3 Å². The molecule has 1 aromatic carbocycles. The van der Waals surface area contributed by atoms with Crippen LogP contribution in [0.2, 0.25) is 0 Å². The molecular weight excluding hydrogens is 447 g/mol. The van der Waals surface area contributed by atoms with E-state index < -0.39 is 24.8 Å². The van der Waals surface area contributed by atoms with Crippen molar-refractivity contribution >= 4 is 32.7 Å². The average Bonchev–Trinajstić information content (AvgIpc) is 2.63. The highest BCUT2D eigenvalue weighted by Crippen LogP contribution is 2.30. The Labute approximate surface area is 168 Å². The van der Waals surface area contributed by atoms with Crippen LogP contribution in [0.15, 0.2) is 22.7 Å². The molecule has 0 bridgehead atoms. The van der Waals surface area contributed by atoms with Gasteiger partial charge in [-0.3, -0.25) is 0 Å². The van der Waals surface area contributed by atoms with Crippen LogP contribution in [0.25, 0.3) is 10.9 Å². The van der Waals surface area contributed by atoms with Crippen LogP contribution in [0, 0.1) is 0 Å². The molecule has 156 valence electrons. The minimum absolute atomic E-state index is 0.0954. The second-order valence-corrected chi connectivity index (χ2v) is 7.16. The molecule has 0 unspecified atom stereocenters. The first-order valence-corrected chi connectivity index (χ1v) is 9.73. The van der Waals surface area contributed by atoms with E-state index in [1.807, 2.05) is 18.7 Å². The predicted octanol–water partition coefficient (Wildman–Crippen LogP) is 5.43. The zero-order chi connectivity index (χ0) is 20.9. The Kier molecular flexibility index (Phi) is 7.94. The van der Waals surface area contributed by atoms with Crippen LogP contribution in [0.4, 0.5) is 27.8 Å². The molecule has 0 saturated carbocycles. The molecule has 0 aliphatic carbocycles. The van der Waals surface area contributed by atoms with Gasteiger partial charge in [-0.2, -0.15) is 13.2 Å². The fourth-order valence-corrected chi connectivity index (χ4v) is 3.19. The van der Waals surface area contributed by atoms with Crippen LogP contribution in [0.5, 0.6) is 0 Å². The molecule has 0 aliphatic rings. The Bertz CT molecular complexity index is 780. The molecule has 0 fully saturated rings. The standard InChI is InChI=1S/C18H22BrF5N4/c1-3-27(4-2)9-10-28(8-7-18(22,23)24)17-13-11-12(19)5-6-14(13)25-16(26-17)15(20)21/h5-6,11,15H,3-4,7-10H2,1-2H3. The number of hydrogen-bond acceptors (Lipinski definition) is 4. The molecule has 2 rings (SSSR count). The van der Waals surface area contributed by atoms with E-state index in [1.165, 1.54) is 4.90 Å². The summed E-state index contributed by atoms with van der Waals surface area (Å²) in [5.41, 5.74) is 0.267. The maximum atomic E-state index is 13.3. The van der Waals surface area contributed by atoms with Gasteiger partial charge in [0.05, 0.1) is 11.9 Å². The molecule has 0 aliphatic heterocycles. The average molecular weight is 469 g/mol. The summed E-state index contributed by atoms with van der Waals surface area (Å²) in [6, 6.07) is 4.82. The van der Waals surface area contributed by atoms with Crippen LogP contribution >= 0.6 is 15.9 Å². The van der Waals surface area contributed by atoms with E-state index in [2.05, 4.69) is 25.9 Å². The molecular formula is C18H22BrF5N4. The third-order valence-electron chi connectivity index (χ3n) is 4.40. The molecule has 10 heteroatoms. The number of halogens is 6. The third-order valence-corrected chi connectivity index (χ3v) is 4.89. The van der Waals surface area contributed by atoms with Gasteiger partial charge in [-0.1, -0.05) is 29.8 Å². The Hall–Kier alpha value is -1.55. The summed E-state index contributed by atoms with van der Waals surface area (Å²) in [6.45, 7) is 5.74. The van der Waals surface area contributed by atoms with Crippen molar-refractivity contribution in [1.29, 1.82) is 0 Å². The largest absolute Gasteiger partial charge is 0.390 e. The van der Waals surface area contributed by atoms with E-state index in [0.29, 0.717) is 16.4 Å². The van der Waals surface area contributed by atoms with Gasteiger partial charge in [-0.15, -0.1) is 0 Å². The first-order chi connectivity index (χ1) is 13.1. The number of rotatable bonds is 9. The van der Waals surface area contributed by atoms with Gasteiger partial charge in [0, 0.05) is 29.5 Å². The number of benzene rings is 1. The van der Waals surface area contributed by atoms with Crippen LogP contribution in [0.1, 0.15) is 32.5 Å². The van der Waals surface area contributed by atoms with Gasteiger partial charge in [0.25, 0.3) is 6.43 Å². The lowest BCUT2D eigenvalue weighted by Crippen LogP contribution is -2.37. The van der Waals surface area contributed by atoms with Crippen molar-refractivity contribution in [3.63, 3.8) is 0 Å². The Morgan fingerprint density at radius 2 is 1.71 bits per heavy atom. The van der Waals surface area contributed by atoms with Crippen LogP contribution in [-0.2, 0) is 0 Å². The quantitative estimate of drug-likeness (QED) is 0.459. The number of hydrogen-bond donors (Lipinski definition) is 0. The summed E-state index contributed by atoms with van der Waals surface area (Å²) >= 11 is 3.31. The van der Waals surface area contributed by atoms with E-state index in [0.717, 1.165) is 13.1 Å². The zero-order valence-corrected chi connectivity index (χ0v) is 17.2. The van der Waals surface area contributed by atoms with Crippen molar-refractivity contribution in [2.24, 2.45) is 0 Å². The molecule has 1 aromatic heterocycles. The lowest BCUT2D eigenvalue weighted by Gasteiger charge is -2.29. The number of alkyl halides is 5. The minimum atomic E-state index is -4.36. The van der Waals surface area contributed by atoms with E-state index in [-0.39, 0.29) is 24.4 Å². The van der Waals surface area contributed by atoms with Crippen LogP contribution < -0.4 is 4.90 Å². The second-order valence-electron chi connectivity index (χ2n) is 6.25. The van der Waals surface area contributed by atoms with Gasteiger partial charge in [0.1, 0.15) is 5.82 Å². The smallest absolute Gasteiger partial charge is 0.354 e. The van der Waals surface area contributed by atoms with Crippen molar-refractivity contribution in [1.82, 2.24) is 14.9 Å². The number of anilines is 1. The zero-order valence-electron chi connectivity index (χ0n) is 15.6. The number of aromatic nitrogens is 2.